The van der Waals surface area contributed by atoms with Gasteiger partial charge in [0.15, 0.2) is 0 Å². The van der Waals surface area contributed by atoms with Crippen LogP contribution in [-0.4, -0.2) is 16.4 Å². The number of alkyl halides is 1. The molecule has 60 valence electrons. The van der Waals surface area contributed by atoms with Crippen LogP contribution in [0.15, 0.2) is 24.3 Å². The van der Waals surface area contributed by atoms with E-state index in [1.165, 1.54) is 0 Å². The van der Waals surface area contributed by atoms with Crippen LogP contribution in [0.3, 0.4) is 0 Å². The molecule has 0 bridgehead atoms. The Morgan fingerprint density at radius 3 is 2.64 bits per heavy atom. The fourth-order valence-electron chi connectivity index (χ4n) is 0.980. The van der Waals surface area contributed by atoms with Crippen LogP contribution in [-0.2, 0) is 4.79 Å². The molecular formula is C8H9BrO2. The first-order valence-electron chi connectivity index (χ1n) is 3.35. The number of allylic oxidation sites excluding steroid dienone is 3. The Kier molecular flexibility index (Phi) is 2.49. The van der Waals surface area contributed by atoms with Gasteiger partial charge in [-0.15, -0.1) is 0 Å². The highest BCUT2D eigenvalue weighted by atomic mass is 79.9. The van der Waals surface area contributed by atoms with Gasteiger partial charge in [0.1, 0.15) is 0 Å². The van der Waals surface area contributed by atoms with Gasteiger partial charge < -0.3 is 5.11 Å². The van der Waals surface area contributed by atoms with Crippen molar-refractivity contribution in [3.05, 3.63) is 24.3 Å². The van der Waals surface area contributed by atoms with Crippen molar-refractivity contribution >= 4 is 21.9 Å². The molecule has 0 aromatic heterocycles. The zero-order valence-corrected chi connectivity index (χ0v) is 7.54. The van der Waals surface area contributed by atoms with Crippen LogP contribution in [0.4, 0.5) is 0 Å². The van der Waals surface area contributed by atoms with Gasteiger partial charge in [-0.3, -0.25) is 4.79 Å². The van der Waals surface area contributed by atoms with Crippen LogP contribution in [0.5, 0.6) is 0 Å². The maximum absolute atomic E-state index is 10.8. The SMILES string of the molecule is O=C(O)C1(CBr)C=CC=CC1. The van der Waals surface area contributed by atoms with E-state index in [-0.39, 0.29) is 0 Å². The number of aliphatic carboxylic acids is 1. The first-order chi connectivity index (χ1) is 5.21. The van der Waals surface area contributed by atoms with Gasteiger partial charge in [-0.1, -0.05) is 40.2 Å². The monoisotopic (exact) mass is 216 g/mol. The second kappa shape index (κ2) is 3.22. The molecule has 1 unspecified atom stereocenters. The summed E-state index contributed by atoms with van der Waals surface area (Å²) in [6.07, 6.45) is 7.81. The second-order valence-electron chi connectivity index (χ2n) is 2.59. The normalized spacial score (nSPS) is 28.8. The number of carboxylic acids is 1. The fraction of sp³-hybridized carbons (Fsp3) is 0.375. The molecule has 3 heteroatoms. The number of carbonyl (C=O) groups is 1. The number of carboxylic acid groups (broad SMARTS) is 1. The Hall–Kier alpha value is -0.570. The Bertz CT molecular complexity index is 220. The minimum Gasteiger partial charge on any atom is -0.481 e. The third kappa shape index (κ3) is 1.53. The zero-order chi connectivity index (χ0) is 8.32. The fourth-order valence-corrected chi connectivity index (χ4v) is 1.64. The van der Waals surface area contributed by atoms with Crippen LogP contribution in [0, 0.1) is 5.41 Å². The van der Waals surface area contributed by atoms with E-state index in [4.69, 9.17) is 5.11 Å². The first-order valence-corrected chi connectivity index (χ1v) is 4.47. The minimum absolute atomic E-state index is 0.468. The molecule has 0 saturated carbocycles. The molecule has 0 aromatic carbocycles. The van der Waals surface area contributed by atoms with Gasteiger partial charge in [-0.05, 0) is 6.42 Å². The molecule has 0 fully saturated rings. The van der Waals surface area contributed by atoms with E-state index in [0.29, 0.717) is 11.8 Å². The molecule has 0 amide bonds. The lowest BCUT2D eigenvalue weighted by Crippen LogP contribution is -2.30. The van der Waals surface area contributed by atoms with Crippen LogP contribution >= 0.6 is 15.9 Å². The number of hydrogen-bond donors (Lipinski definition) is 1. The van der Waals surface area contributed by atoms with E-state index >= 15 is 0 Å². The van der Waals surface area contributed by atoms with Crippen molar-refractivity contribution in [2.24, 2.45) is 5.41 Å². The largest absolute Gasteiger partial charge is 0.481 e. The van der Waals surface area contributed by atoms with Gasteiger partial charge in [0, 0.05) is 5.33 Å². The lowest BCUT2D eigenvalue weighted by atomic mass is 9.84. The van der Waals surface area contributed by atoms with Crippen molar-refractivity contribution in [1.29, 1.82) is 0 Å². The summed E-state index contributed by atoms with van der Waals surface area (Å²) in [5, 5.41) is 9.34. The number of rotatable bonds is 2. The molecule has 0 saturated heterocycles. The van der Waals surface area contributed by atoms with Crippen LogP contribution in [0.2, 0.25) is 0 Å². The van der Waals surface area contributed by atoms with Crippen molar-refractivity contribution in [3.8, 4) is 0 Å². The van der Waals surface area contributed by atoms with E-state index in [9.17, 15) is 4.79 Å². The Morgan fingerprint density at radius 2 is 2.36 bits per heavy atom. The lowest BCUT2D eigenvalue weighted by molar-refractivity contribution is -0.144. The molecular weight excluding hydrogens is 208 g/mol. The Morgan fingerprint density at radius 1 is 1.64 bits per heavy atom. The molecule has 1 N–H and O–H groups in total. The summed E-state index contributed by atoms with van der Waals surface area (Å²) in [5.74, 6) is -0.769. The van der Waals surface area contributed by atoms with Crippen LogP contribution in [0.1, 0.15) is 6.42 Å². The molecule has 0 radical (unpaired) electrons. The summed E-state index contributed by atoms with van der Waals surface area (Å²) in [4.78, 5) is 10.8. The summed E-state index contributed by atoms with van der Waals surface area (Å²) in [7, 11) is 0. The van der Waals surface area contributed by atoms with Crippen LogP contribution < -0.4 is 0 Å². The average Bonchev–Trinajstić information content (AvgIpc) is 2.05. The lowest BCUT2D eigenvalue weighted by Gasteiger charge is -2.23. The highest BCUT2D eigenvalue weighted by Gasteiger charge is 2.34. The second-order valence-corrected chi connectivity index (χ2v) is 3.15. The maximum Gasteiger partial charge on any atom is 0.314 e. The molecule has 0 aliphatic heterocycles. The molecule has 1 aliphatic rings. The molecule has 0 heterocycles. The Balaban J connectivity index is 2.85. The minimum atomic E-state index is -0.769. The molecule has 0 spiro atoms. The molecule has 0 aromatic rings. The molecule has 11 heavy (non-hydrogen) atoms. The van der Waals surface area contributed by atoms with Gasteiger partial charge >= 0.3 is 5.97 Å². The third-order valence-corrected chi connectivity index (χ3v) is 2.81. The van der Waals surface area contributed by atoms with E-state index in [0.717, 1.165) is 0 Å². The van der Waals surface area contributed by atoms with Crippen molar-refractivity contribution in [2.45, 2.75) is 6.42 Å². The molecule has 1 atom stereocenters. The van der Waals surface area contributed by atoms with E-state index < -0.39 is 11.4 Å². The summed E-state index contributed by atoms with van der Waals surface area (Å²) in [6, 6.07) is 0. The molecule has 1 rings (SSSR count). The predicted molar refractivity (Wildman–Crippen MR) is 46.8 cm³/mol. The van der Waals surface area contributed by atoms with E-state index in [2.05, 4.69) is 15.9 Å². The summed E-state index contributed by atoms with van der Waals surface area (Å²) >= 11 is 3.20. The molecule has 1 aliphatic carbocycles. The number of halogens is 1. The molecule has 2 nitrogen and oxygen atoms in total. The topological polar surface area (TPSA) is 37.3 Å². The highest BCUT2D eigenvalue weighted by Crippen LogP contribution is 2.30. The maximum atomic E-state index is 10.8. The summed E-state index contributed by atoms with van der Waals surface area (Å²) in [5.41, 5.74) is -0.714. The van der Waals surface area contributed by atoms with Gasteiger partial charge in [-0.2, -0.15) is 0 Å². The highest BCUT2D eigenvalue weighted by molar-refractivity contribution is 9.09. The van der Waals surface area contributed by atoms with Crippen molar-refractivity contribution in [1.82, 2.24) is 0 Å². The third-order valence-electron chi connectivity index (χ3n) is 1.81. The summed E-state index contributed by atoms with van der Waals surface area (Å²) in [6.45, 7) is 0. The van der Waals surface area contributed by atoms with Crippen molar-refractivity contribution in [2.75, 3.05) is 5.33 Å². The Labute approximate surface area is 73.7 Å². The van der Waals surface area contributed by atoms with Crippen molar-refractivity contribution in [3.63, 3.8) is 0 Å². The van der Waals surface area contributed by atoms with Crippen molar-refractivity contribution < 1.29 is 9.90 Å². The summed E-state index contributed by atoms with van der Waals surface area (Å²) < 4.78 is 0. The quantitative estimate of drug-likeness (QED) is 0.718. The standard InChI is InChI=1S/C8H9BrO2/c9-6-8(7(10)11)4-2-1-3-5-8/h1-4H,5-6H2,(H,10,11). The first kappa shape index (κ1) is 8.53. The van der Waals surface area contributed by atoms with Crippen LogP contribution in [0.25, 0.3) is 0 Å². The average molecular weight is 217 g/mol. The zero-order valence-electron chi connectivity index (χ0n) is 5.96. The van der Waals surface area contributed by atoms with E-state index in [1.54, 1.807) is 12.2 Å². The number of hydrogen-bond acceptors (Lipinski definition) is 1. The van der Waals surface area contributed by atoms with E-state index in [1.807, 2.05) is 12.2 Å². The van der Waals surface area contributed by atoms with Gasteiger partial charge in [0.2, 0.25) is 0 Å². The predicted octanol–water partition coefficient (Wildman–Crippen LogP) is 1.97. The van der Waals surface area contributed by atoms with Gasteiger partial charge in [0.25, 0.3) is 0 Å². The van der Waals surface area contributed by atoms with Gasteiger partial charge in [-0.25, -0.2) is 0 Å². The van der Waals surface area contributed by atoms with Gasteiger partial charge in [0.05, 0.1) is 5.41 Å². The smallest absolute Gasteiger partial charge is 0.314 e.